The number of hydrogen-bond donors (Lipinski definition) is 1. The molecule has 0 aliphatic heterocycles. The summed E-state index contributed by atoms with van der Waals surface area (Å²) >= 11 is 0. The molecule has 3 rings (SSSR count). The van der Waals surface area contributed by atoms with Crippen LogP contribution in [0.4, 0.5) is 5.69 Å². The predicted molar refractivity (Wildman–Crippen MR) is 125 cm³/mol. The van der Waals surface area contributed by atoms with Gasteiger partial charge in [0.25, 0.3) is 0 Å². The standard InChI is InChI=1S/C26H26N4O3/c27-15-7-17-30(23-10-2-1-3-11-23)26(32)14-13-25(31)29-19-21-8-6-12-24(18-21)33-20-22-9-4-5-16-28-22/h1-6,8-12,16,18H,7,13-14,17,19-20H2,(H,29,31). The maximum absolute atomic E-state index is 12.7. The van der Waals surface area contributed by atoms with Crippen LogP contribution in [0, 0.1) is 11.3 Å². The Bertz CT molecular complexity index is 1080. The van der Waals surface area contributed by atoms with E-state index in [1.165, 1.54) is 0 Å². The Morgan fingerprint density at radius 2 is 1.82 bits per heavy atom. The third-order valence-corrected chi connectivity index (χ3v) is 4.88. The highest BCUT2D eigenvalue weighted by Gasteiger charge is 2.16. The van der Waals surface area contributed by atoms with Gasteiger partial charge in [-0.25, -0.2) is 0 Å². The third kappa shape index (κ3) is 7.78. The molecule has 1 aromatic heterocycles. The van der Waals surface area contributed by atoms with Gasteiger partial charge in [-0.2, -0.15) is 5.26 Å². The normalized spacial score (nSPS) is 10.2. The van der Waals surface area contributed by atoms with Crippen molar-refractivity contribution in [1.82, 2.24) is 10.3 Å². The van der Waals surface area contributed by atoms with Crippen LogP contribution in [0.15, 0.2) is 79.0 Å². The molecule has 0 aliphatic rings. The van der Waals surface area contributed by atoms with Crippen LogP contribution in [-0.4, -0.2) is 23.3 Å². The molecule has 3 aromatic rings. The van der Waals surface area contributed by atoms with Crippen molar-refractivity contribution in [3.63, 3.8) is 0 Å². The number of rotatable bonds is 11. The van der Waals surface area contributed by atoms with E-state index in [4.69, 9.17) is 10.00 Å². The van der Waals surface area contributed by atoms with E-state index in [-0.39, 0.29) is 31.1 Å². The van der Waals surface area contributed by atoms with Crippen molar-refractivity contribution in [3.8, 4) is 11.8 Å². The van der Waals surface area contributed by atoms with Gasteiger partial charge in [0.05, 0.1) is 18.2 Å². The lowest BCUT2D eigenvalue weighted by Crippen LogP contribution is -2.33. The maximum Gasteiger partial charge on any atom is 0.227 e. The lowest BCUT2D eigenvalue weighted by Gasteiger charge is -2.21. The highest BCUT2D eigenvalue weighted by Crippen LogP contribution is 2.16. The number of nitrogens with one attached hydrogen (secondary N) is 1. The number of nitriles is 1. The highest BCUT2D eigenvalue weighted by molar-refractivity contribution is 5.95. The van der Waals surface area contributed by atoms with E-state index in [2.05, 4.69) is 16.4 Å². The van der Waals surface area contributed by atoms with E-state index in [1.54, 1.807) is 11.1 Å². The Morgan fingerprint density at radius 1 is 1.00 bits per heavy atom. The van der Waals surface area contributed by atoms with Gasteiger partial charge >= 0.3 is 0 Å². The fraction of sp³-hybridized carbons (Fsp3) is 0.231. The Labute approximate surface area is 193 Å². The number of benzene rings is 2. The molecule has 0 bridgehead atoms. The second-order valence-electron chi connectivity index (χ2n) is 7.32. The van der Waals surface area contributed by atoms with Gasteiger partial charge in [0.15, 0.2) is 0 Å². The fourth-order valence-corrected chi connectivity index (χ4v) is 3.20. The zero-order valence-electron chi connectivity index (χ0n) is 18.3. The minimum Gasteiger partial charge on any atom is -0.487 e. The lowest BCUT2D eigenvalue weighted by molar-refractivity contribution is -0.125. The number of para-hydroxylation sites is 1. The van der Waals surface area contributed by atoms with Gasteiger partial charge in [-0.1, -0.05) is 36.4 Å². The number of anilines is 1. The van der Waals surface area contributed by atoms with Crippen LogP contribution in [0.2, 0.25) is 0 Å². The average Bonchev–Trinajstić information content (AvgIpc) is 2.87. The second-order valence-corrected chi connectivity index (χ2v) is 7.32. The first-order chi connectivity index (χ1) is 16.2. The van der Waals surface area contributed by atoms with Gasteiger partial charge < -0.3 is 15.0 Å². The molecular weight excluding hydrogens is 416 g/mol. The number of carbonyl (C=O) groups excluding carboxylic acids is 2. The fourth-order valence-electron chi connectivity index (χ4n) is 3.20. The zero-order chi connectivity index (χ0) is 23.3. The van der Waals surface area contributed by atoms with Gasteiger partial charge in [0.1, 0.15) is 12.4 Å². The summed E-state index contributed by atoms with van der Waals surface area (Å²) in [5, 5.41) is 11.7. The van der Waals surface area contributed by atoms with E-state index in [1.807, 2.05) is 72.8 Å². The lowest BCUT2D eigenvalue weighted by atomic mass is 10.2. The molecule has 0 aliphatic carbocycles. The summed E-state index contributed by atoms with van der Waals surface area (Å²) in [7, 11) is 0. The topological polar surface area (TPSA) is 95.3 Å². The van der Waals surface area contributed by atoms with Crippen molar-refractivity contribution in [2.45, 2.75) is 32.4 Å². The van der Waals surface area contributed by atoms with Gasteiger partial charge in [0.2, 0.25) is 11.8 Å². The average molecular weight is 443 g/mol. The number of aromatic nitrogens is 1. The molecule has 0 fully saturated rings. The summed E-state index contributed by atoms with van der Waals surface area (Å²) in [5.74, 6) is 0.298. The first-order valence-electron chi connectivity index (χ1n) is 10.8. The van der Waals surface area contributed by atoms with Crippen molar-refractivity contribution < 1.29 is 14.3 Å². The third-order valence-electron chi connectivity index (χ3n) is 4.88. The summed E-state index contributed by atoms with van der Waals surface area (Å²) < 4.78 is 5.77. The predicted octanol–water partition coefficient (Wildman–Crippen LogP) is 4.00. The van der Waals surface area contributed by atoms with Crippen LogP contribution >= 0.6 is 0 Å². The van der Waals surface area contributed by atoms with Crippen LogP contribution < -0.4 is 15.0 Å². The van der Waals surface area contributed by atoms with E-state index in [0.717, 1.165) is 16.9 Å². The van der Waals surface area contributed by atoms with Gasteiger partial charge in [0, 0.05) is 37.8 Å². The molecule has 7 heteroatoms. The number of nitrogens with zero attached hydrogens (tertiary/aromatic N) is 3. The molecule has 0 radical (unpaired) electrons. The van der Waals surface area contributed by atoms with E-state index in [0.29, 0.717) is 25.4 Å². The molecule has 0 saturated heterocycles. The number of hydrogen-bond acceptors (Lipinski definition) is 5. The van der Waals surface area contributed by atoms with Crippen LogP contribution in [0.3, 0.4) is 0 Å². The van der Waals surface area contributed by atoms with Crippen molar-refractivity contribution in [2.75, 3.05) is 11.4 Å². The van der Waals surface area contributed by atoms with Crippen molar-refractivity contribution in [2.24, 2.45) is 0 Å². The minimum absolute atomic E-state index is 0.0688. The Balaban J connectivity index is 1.46. The molecular formula is C26H26N4O3. The SMILES string of the molecule is N#CCCN(C(=O)CCC(=O)NCc1cccc(OCc2ccccn2)c1)c1ccccc1. The first kappa shape index (κ1) is 23.5. The van der Waals surface area contributed by atoms with Crippen LogP contribution in [-0.2, 0) is 22.7 Å². The Hall–Kier alpha value is -4.18. The molecule has 33 heavy (non-hydrogen) atoms. The van der Waals surface area contributed by atoms with Gasteiger partial charge in [-0.05, 0) is 42.0 Å². The molecule has 0 atom stereocenters. The summed E-state index contributed by atoms with van der Waals surface area (Å²) in [6.07, 6.45) is 2.09. The highest BCUT2D eigenvalue weighted by atomic mass is 16.5. The first-order valence-corrected chi connectivity index (χ1v) is 10.8. The van der Waals surface area contributed by atoms with Crippen LogP contribution in [0.1, 0.15) is 30.5 Å². The Kier molecular flexibility index (Phi) is 8.98. The molecule has 2 amide bonds. The maximum atomic E-state index is 12.7. The Morgan fingerprint density at radius 3 is 2.58 bits per heavy atom. The minimum atomic E-state index is -0.212. The van der Waals surface area contributed by atoms with Crippen molar-refractivity contribution in [1.29, 1.82) is 5.26 Å². The molecule has 0 unspecified atom stereocenters. The smallest absolute Gasteiger partial charge is 0.227 e. The zero-order valence-corrected chi connectivity index (χ0v) is 18.3. The number of carbonyl (C=O) groups is 2. The molecule has 7 nitrogen and oxygen atoms in total. The van der Waals surface area contributed by atoms with Crippen LogP contribution in [0.25, 0.3) is 0 Å². The number of ether oxygens (including phenoxy) is 1. The van der Waals surface area contributed by atoms with E-state index < -0.39 is 0 Å². The summed E-state index contributed by atoms with van der Waals surface area (Å²) in [4.78, 5) is 30.8. The molecule has 0 saturated carbocycles. The van der Waals surface area contributed by atoms with Gasteiger partial charge in [-0.3, -0.25) is 14.6 Å². The number of pyridine rings is 1. The van der Waals surface area contributed by atoms with Crippen molar-refractivity contribution in [3.05, 3.63) is 90.3 Å². The molecule has 0 spiro atoms. The van der Waals surface area contributed by atoms with Gasteiger partial charge in [-0.15, -0.1) is 0 Å². The molecule has 168 valence electrons. The van der Waals surface area contributed by atoms with E-state index in [9.17, 15) is 9.59 Å². The largest absolute Gasteiger partial charge is 0.487 e. The monoisotopic (exact) mass is 442 g/mol. The molecule has 1 N–H and O–H groups in total. The summed E-state index contributed by atoms with van der Waals surface area (Å²) in [6.45, 7) is 0.999. The molecule has 1 heterocycles. The second kappa shape index (κ2) is 12.6. The number of amides is 2. The summed E-state index contributed by atoms with van der Waals surface area (Å²) in [6, 6.07) is 24.4. The van der Waals surface area contributed by atoms with Crippen LogP contribution in [0.5, 0.6) is 5.75 Å². The van der Waals surface area contributed by atoms with E-state index >= 15 is 0 Å². The summed E-state index contributed by atoms with van der Waals surface area (Å²) in [5.41, 5.74) is 2.45. The quantitative estimate of drug-likeness (QED) is 0.484. The molecule has 2 aromatic carbocycles. The van der Waals surface area contributed by atoms with Crippen molar-refractivity contribution >= 4 is 17.5 Å².